The lowest BCUT2D eigenvalue weighted by Crippen LogP contribution is -2.66. The molecule has 140 valence electrons. The van der Waals surface area contributed by atoms with Crippen molar-refractivity contribution in [1.29, 1.82) is 0 Å². The van der Waals surface area contributed by atoms with Crippen molar-refractivity contribution in [2.45, 2.75) is 44.1 Å². The van der Waals surface area contributed by atoms with Crippen LogP contribution in [-0.4, -0.2) is 22.3 Å². The second-order valence-corrected chi connectivity index (χ2v) is 7.52. The van der Waals surface area contributed by atoms with Crippen LogP contribution in [0.5, 0.6) is 0 Å². The van der Waals surface area contributed by atoms with Gasteiger partial charge in [0.05, 0.1) is 18.2 Å². The molecule has 0 aliphatic carbocycles. The van der Waals surface area contributed by atoms with E-state index < -0.39 is 23.4 Å². The van der Waals surface area contributed by atoms with Crippen LogP contribution in [0.4, 0.5) is 13.2 Å². The summed E-state index contributed by atoms with van der Waals surface area (Å²) in [5.74, 6) is 0. The van der Waals surface area contributed by atoms with Crippen molar-refractivity contribution in [1.82, 2.24) is 5.06 Å². The van der Waals surface area contributed by atoms with Crippen LogP contribution in [0.3, 0.4) is 0 Å². The van der Waals surface area contributed by atoms with Crippen molar-refractivity contribution in [3.05, 3.63) is 71.3 Å². The highest BCUT2D eigenvalue weighted by Gasteiger charge is 2.59. The number of aliphatic hydroxyl groups excluding tert-OH is 1. The van der Waals surface area contributed by atoms with Crippen LogP contribution >= 0.6 is 0 Å². The van der Waals surface area contributed by atoms with E-state index in [0.29, 0.717) is 5.56 Å². The van der Waals surface area contributed by atoms with E-state index in [0.717, 1.165) is 17.7 Å². The molecule has 6 heteroatoms. The molecule has 1 aliphatic heterocycles. The fourth-order valence-corrected chi connectivity index (χ4v) is 3.34. The third kappa shape index (κ3) is 3.13. The number of benzene rings is 2. The van der Waals surface area contributed by atoms with Crippen LogP contribution in [0.15, 0.2) is 54.6 Å². The second kappa shape index (κ2) is 6.37. The third-order valence-corrected chi connectivity index (χ3v) is 4.65. The fourth-order valence-electron chi connectivity index (χ4n) is 3.34. The zero-order valence-electron chi connectivity index (χ0n) is 14.9. The van der Waals surface area contributed by atoms with Crippen LogP contribution < -0.4 is 0 Å². The Morgan fingerprint density at radius 2 is 1.58 bits per heavy atom. The van der Waals surface area contributed by atoms with Gasteiger partial charge >= 0.3 is 6.18 Å². The quantitative estimate of drug-likeness (QED) is 0.857. The van der Waals surface area contributed by atoms with E-state index >= 15 is 0 Å². The summed E-state index contributed by atoms with van der Waals surface area (Å²) in [6.07, 6.45) is -4.38. The minimum Gasteiger partial charge on any atom is -0.393 e. The first-order valence-corrected chi connectivity index (χ1v) is 8.41. The molecule has 3 nitrogen and oxygen atoms in total. The molecule has 1 N–H and O–H groups in total. The summed E-state index contributed by atoms with van der Waals surface area (Å²) < 4.78 is 38.7. The summed E-state index contributed by atoms with van der Waals surface area (Å²) in [7, 11) is 0. The van der Waals surface area contributed by atoms with Gasteiger partial charge in [-0.25, -0.2) is 0 Å². The molecule has 0 unspecified atom stereocenters. The number of hydroxylamine groups is 2. The maximum atomic E-state index is 12.9. The minimum absolute atomic E-state index is 0.282. The van der Waals surface area contributed by atoms with Gasteiger partial charge in [-0.1, -0.05) is 42.5 Å². The van der Waals surface area contributed by atoms with Gasteiger partial charge in [-0.3, -0.25) is 4.84 Å². The van der Waals surface area contributed by atoms with Gasteiger partial charge in [-0.2, -0.15) is 18.2 Å². The molecule has 2 atom stereocenters. The molecule has 1 heterocycles. The van der Waals surface area contributed by atoms with Gasteiger partial charge in [0, 0.05) is 5.54 Å². The van der Waals surface area contributed by atoms with Gasteiger partial charge < -0.3 is 5.11 Å². The topological polar surface area (TPSA) is 32.7 Å². The molecular weight excluding hydrogens is 343 g/mol. The first-order chi connectivity index (χ1) is 12.1. The Morgan fingerprint density at radius 3 is 2.04 bits per heavy atom. The van der Waals surface area contributed by atoms with Gasteiger partial charge in [0.2, 0.25) is 0 Å². The average molecular weight is 365 g/mol. The molecule has 3 rings (SSSR count). The molecule has 1 aliphatic rings. The lowest BCUT2D eigenvalue weighted by atomic mass is 9.78. The van der Waals surface area contributed by atoms with Crippen LogP contribution in [0.1, 0.15) is 43.5 Å². The van der Waals surface area contributed by atoms with E-state index in [1.165, 1.54) is 12.1 Å². The summed E-state index contributed by atoms with van der Waals surface area (Å²) in [6, 6.07) is 13.9. The van der Waals surface area contributed by atoms with Crippen LogP contribution in [0.2, 0.25) is 0 Å². The van der Waals surface area contributed by atoms with E-state index in [1.54, 1.807) is 5.06 Å². The summed E-state index contributed by atoms with van der Waals surface area (Å²) in [5, 5.41) is 11.9. The lowest BCUT2D eigenvalue weighted by molar-refractivity contribution is -0.440. The molecule has 0 amide bonds. The molecule has 0 radical (unpaired) electrons. The maximum absolute atomic E-state index is 12.9. The van der Waals surface area contributed by atoms with Crippen molar-refractivity contribution in [3.8, 4) is 0 Å². The molecule has 0 spiro atoms. The normalized spacial score (nSPS) is 24.3. The molecule has 0 saturated carbocycles. The monoisotopic (exact) mass is 365 g/mol. The fraction of sp³-hybridized carbons (Fsp3) is 0.400. The Morgan fingerprint density at radius 1 is 1.00 bits per heavy atom. The standard InChI is InChI=1S/C20H22F3NO2/c1-18(2,3)24-17(14-9-11-16(12-10-14)20(21,22)23)19(13-25,26-24)15-7-5-4-6-8-15/h4-12,17,25H,13H2,1-3H3/t17-,19+/m1/s1. The highest BCUT2D eigenvalue weighted by molar-refractivity contribution is 5.36. The average Bonchev–Trinajstić information content (AvgIpc) is 2.54. The van der Waals surface area contributed by atoms with Crippen molar-refractivity contribution in [2.75, 3.05) is 6.61 Å². The Balaban J connectivity index is 2.05. The molecule has 2 aromatic carbocycles. The van der Waals surface area contributed by atoms with Crippen molar-refractivity contribution >= 4 is 0 Å². The minimum atomic E-state index is -4.38. The molecule has 1 fully saturated rings. The van der Waals surface area contributed by atoms with Gasteiger partial charge in [-0.15, -0.1) is 0 Å². The summed E-state index contributed by atoms with van der Waals surface area (Å²) >= 11 is 0. The van der Waals surface area contributed by atoms with Crippen LogP contribution in [0.25, 0.3) is 0 Å². The second-order valence-electron chi connectivity index (χ2n) is 7.52. The van der Waals surface area contributed by atoms with Crippen LogP contribution in [0, 0.1) is 0 Å². The van der Waals surface area contributed by atoms with E-state index in [2.05, 4.69) is 0 Å². The molecular formula is C20H22F3NO2. The Bertz CT molecular complexity index is 753. The first-order valence-electron chi connectivity index (χ1n) is 8.41. The van der Waals surface area contributed by atoms with Crippen molar-refractivity contribution in [2.24, 2.45) is 0 Å². The Kier molecular flexibility index (Phi) is 4.63. The number of hydrogen-bond donors (Lipinski definition) is 1. The molecule has 2 aromatic rings. The van der Waals surface area contributed by atoms with E-state index in [9.17, 15) is 18.3 Å². The molecule has 1 saturated heterocycles. The molecule has 0 bridgehead atoms. The van der Waals surface area contributed by atoms with Crippen molar-refractivity contribution in [3.63, 3.8) is 0 Å². The number of hydrogen-bond acceptors (Lipinski definition) is 3. The zero-order chi connectivity index (χ0) is 19.2. The van der Waals surface area contributed by atoms with E-state index in [1.807, 2.05) is 51.1 Å². The van der Waals surface area contributed by atoms with Crippen molar-refractivity contribution < 1.29 is 23.1 Å². The zero-order valence-corrected chi connectivity index (χ0v) is 14.9. The Hall–Kier alpha value is -1.89. The van der Waals surface area contributed by atoms with Gasteiger partial charge in [-0.05, 0) is 44.0 Å². The van der Waals surface area contributed by atoms with E-state index in [-0.39, 0.29) is 12.1 Å². The first kappa shape index (κ1) is 18.9. The highest BCUT2D eigenvalue weighted by Crippen LogP contribution is 2.54. The lowest BCUT2D eigenvalue weighted by Gasteiger charge is -2.60. The molecule has 26 heavy (non-hydrogen) atoms. The number of halogens is 3. The largest absolute Gasteiger partial charge is 0.416 e. The number of rotatable bonds is 3. The predicted octanol–water partition coefficient (Wildman–Crippen LogP) is 4.68. The third-order valence-electron chi connectivity index (χ3n) is 4.65. The predicted molar refractivity (Wildman–Crippen MR) is 92.1 cm³/mol. The summed E-state index contributed by atoms with van der Waals surface area (Å²) in [5.41, 5.74) is -0.655. The van der Waals surface area contributed by atoms with Gasteiger partial charge in [0.15, 0.2) is 5.60 Å². The number of alkyl halides is 3. The highest BCUT2D eigenvalue weighted by atomic mass is 19.4. The van der Waals surface area contributed by atoms with Gasteiger partial charge in [0.1, 0.15) is 0 Å². The van der Waals surface area contributed by atoms with Crippen LogP contribution in [-0.2, 0) is 16.6 Å². The maximum Gasteiger partial charge on any atom is 0.416 e. The Labute approximate surface area is 151 Å². The molecule has 0 aromatic heterocycles. The van der Waals surface area contributed by atoms with E-state index in [4.69, 9.17) is 4.84 Å². The number of nitrogens with zero attached hydrogens (tertiary/aromatic N) is 1. The number of aliphatic hydroxyl groups is 1. The SMILES string of the molecule is CC(C)(C)N1O[C@@](CO)(c2ccccc2)[C@H]1c1ccc(C(F)(F)F)cc1. The summed E-state index contributed by atoms with van der Waals surface area (Å²) in [4.78, 5) is 6.05. The van der Waals surface area contributed by atoms with Gasteiger partial charge in [0.25, 0.3) is 0 Å². The smallest absolute Gasteiger partial charge is 0.393 e. The summed E-state index contributed by atoms with van der Waals surface area (Å²) in [6.45, 7) is 5.58.